The molecule has 0 saturated heterocycles. The van der Waals surface area contributed by atoms with Gasteiger partial charge in [-0.15, -0.1) is 0 Å². The number of halogens is 1. The summed E-state index contributed by atoms with van der Waals surface area (Å²) in [5, 5.41) is 14.1. The van der Waals surface area contributed by atoms with E-state index < -0.39 is 39.3 Å². The number of carbonyl (C=O) groups is 2. The molecule has 0 radical (unpaired) electrons. The summed E-state index contributed by atoms with van der Waals surface area (Å²) in [6.07, 6.45) is 0.881. The summed E-state index contributed by atoms with van der Waals surface area (Å²) in [7, 11) is -2.81. The summed E-state index contributed by atoms with van der Waals surface area (Å²) in [4.78, 5) is 38.2. The van der Waals surface area contributed by atoms with E-state index in [1.807, 2.05) is 0 Å². The molecule has 0 heterocycles. The first-order valence-corrected chi connectivity index (χ1v) is 13.5. The van der Waals surface area contributed by atoms with Gasteiger partial charge in [0.1, 0.15) is 24.0 Å². The molecular weight excluding hydrogens is 556 g/mol. The van der Waals surface area contributed by atoms with Crippen molar-refractivity contribution in [3.05, 3.63) is 62.6 Å². The van der Waals surface area contributed by atoms with Crippen LogP contribution in [0.2, 0.25) is 0 Å². The Kier molecular flexibility index (Phi) is 9.82. The van der Waals surface area contributed by atoms with Crippen molar-refractivity contribution < 1.29 is 27.7 Å². The molecule has 0 saturated carbocycles. The Morgan fingerprint density at radius 1 is 1.14 bits per heavy atom. The van der Waals surface area contributed by atoms with Crippen LogP contribution in [0.25, 0.3) is 0 Å². The summed E-state index contributed by atoms with van der Waals surface area (Å²) in [5.41, 5.74) is 0.184. The quantitative estimate of drug-likeness (QED) is 0.316. The Balaban J connectivity index is 2.51. The van der Waals surface area contributed by atoms with Crippen molar-refractivity contribution in [1.82, 2.24) is 10.2 Å². The molecule has 2 amide bonds. The van der Waals surface area contributed by atoms with E-state index >= 15 is 0 Å². The van der Waals surface area contributed by atoms with E-state index in [9.17, 15) is 28.1 Å². The molecule has 0 aliphatic heterocycles. The number of hydrogen-bond donors (Lipinski definition) is 1. The lowest BCUT2D eigenvalue weighted by Crippen LogP contribution is -2.52. The van der Waals surface area contributed by atoms with Crippen LogP contribution in [0.1, 0.15) is 26.3 Å². The summed E-state index contributed by atoms with van der Waals surface area (Å²) in [6, 6.07) is 9.47. The second-order valence-electron chi connectivity index (χ2n) is 8.37. The van der Waals surface area contributed by atoms with Crippen LogP contribution < -0.4 is 14.4 Å². The van der Waals surface area contributed by atoms with Crippen molar-refractivity contribution in [1.29, 1.82) is 0 Å². The first-order valence-electron chi connectivity index (χ1n) is 10.9. The molecule has 0 fully saturated rings. The number of nitrogens with one attached hydrogen (secondary N) is 1. The van der Waals surface area contributed by atoms with E-state index in [0.29, 0.717) is 0 Å². The maximum atomic E-state index is 13.6. The van der Waals surface area contributed by atoms with Crippen LogP contribution in [-0.4, -0.2) is 62.0 Å². The van der Waals surface area contributed by atoms with Gasteiger partial charge in [0.05, 0.1) is 18.3 Å². The summed E-state index contributed by atoms with van der Waals surface area (Å²) < 4.78 is 32.2. The number of non-ortho nitro benzene ring substituents is 1. The maximum Gasteiger partial charge on any atom is 0.271 e. The molecule has 0 bridgehead atoms. The minimum Gasteiger partial charge on any atom is -0.495 e. The molecule has 2 rings (SSSR count). The molecule has 2 aromatic carbocycles. The fourth-order valence-corrected chi connectivity index (χ4v) is 4.47. The van der Waals surface area contributed by atoms with Gasteiger partial charge in [-0.25, -0.2) is 8.42 Å². The third kappa shape index (κ3) is 7.65. The number of methoxy groups -OCH3 is 1. The smallest absolute Gasteiger partial charge is 0.271 e. The number of carbonyl (C=O) groups excluding carboxylic acids is 2. The normalized spacial score (nSPS) is 12.1. The third-order valence-corrected chi connectivity index (χ3v) is 6.84. The van der Waals surface area contributed by atoms with Gasteiger partial charge in [0.25, 0.3) is 5.69 Å². The number of anilines is 1. The van der Waals surface area contributed by atoms with Crippen LogP contribution in [0.5, 0.6) is 5.75 Å². The molecule has 1 N–H and O–H groups in total. The highest BCUT2D eigenvalue weighted by Crippen LogP contribution is 2.34. The van der Waals surface area contributed by atoms with Crippen LogP contribution in [0.15, 0.2) is 46.9 Å². The fraction of sp³-hybridized carbons (Fsp3) is 0.391. The zero-order valence-electron chi connectivity index (χ0n) is 20.6. The Labute approximate surface area is 218 Å². The Morgan fingerprint density at radius 2 is 1.75 bits per heavy atom. The number of ether oxygens (including phenoxy) is 1. The number of benzene rings is 2. The minimum absolute atomic E-state index is 0.0302. The Hall–Kier alpha value is -3.19. The van der Waals surface area contributed by atoms with Crippen molar-refractivity contribution >= 4 is 49.1 Å². The van der Waals surface area contributed by atoms with E-state index in [1.54, 1.807) is 45.0 Å². The van der Waals surface area contributed by atoms with E-state index in [0.717, 1.165) is 26.7 Å². The van der Waals surface area contributed by atoms with Gasteiger partial charge >= 0.3 is 0 Å². The molecule has 0 spiro atoms. The molecule has 1 atom stereocenters. The predicted octanol–water partition coefficient (Wildman–Crippen LogP) is 3.07. The van der Waals surface area contributed by atoms with E-state index in [4.69, 9.17) is 4.74 Å². The molecule has 196 valence electrons. The van der Waals surface area contributed by atoms with Gasteiger partial charge in [-0.2, -0.15) is 0 Å². The fourth-order valence-electron chi connectivity index (χ4n) is 3.36. The molecule has 2 aromatic rings. The standard InChI is InChI=1S/C23H29BrN4O7S/c1-15(2)25-23(30)16(3)26(13-17-6-8-18(24)9-7-17)22(29)14-27(36(5,33)34)20-12-19(28(31)32)10-11-21(20)35-4/h6-12,15-16H,13-14H2,1-5H3,(H,25,30)/t16-/m1/s1. The Morgan fingerprint density at radius 3 is 2.25 bits per heavy atom. The zero-order valence-corrected chi connectivity index (χ0v) is 23.0. The molecule has 0 aliphatic carbocycles. The van der Waals surface area contributed by atoms with E-state index in [-0.39, 0.29) is 29.7 Å². The number of hydrogen-bond acceptors (Lipinski definition) is 7. The van der Waals surface area contributed by atoms with Crippen molar-refractivity contribution in [2.45, 2.75) is 39.4 Å². The number of nitro benzene ring substituents is 1. The summed E-state index contributed by atoms with van der Waals surface area (Å²) in [5.74, 6) is -1.05. The largest absolute Gasteiger partial charge is 0.495 e. The first kappa shape index (κ1) is 29.0. The summed E-state index contributed by atoms with van der Waals surface area (Å²) in [6.45, 7) is 4.44. The van der Waals surface area contributed by atoms with Crippen LogP contribution >= 0.6 is 15.9 Å². The first-order chi connectivity index (χ1) is 16.7. The molecule has 13 heteroatoms. The van der Waals surface area contributed by atoms with Crippen LogP contribution in [0.4, 0.5) is 11.4 Å². The van der Waals surface area contributed by atoms with Crippen molar-refractivity contribution in [2.24, 2.45) is 0 Å². The second-order valence-corrected chi connectivity index (χ2v) is 11.2. The lowest BCUT2D eigenvalue weighted by Gasteiger charge is -2.32. The highest BCUT2D eigenvalue weighted by atomic mass is 79.9. The molecule has 0 aromatic heterocycles. The average molecular weight is 585 g/mol. The van der Waals surface area contributed by atoms with Crippen molar-refractivity contribution in [2.75, 3.05) is 24.2 Å². The average Bonchev–Trinajstić information content (AvgIpc) is 2.79. The second kappa shape index (κ2) is 12.2. The number of amides is 2. The molecule has 0 aliphatic rings. The molecule has 36 heavy (non-hydrogen) atoms. The van der Waals surface area contributed by atoms with Crippen LogP contribution in [0.3, 0.4) is 0 Å². The molecule has 0 unspecified atom stereocenters. The third-order valence-electron chi connectivity index (χ3n) is 5.19. The SMILES string of the molecule is COc1ccc([N+](=O)[O-])cc1N(CC(=O)N(Cc1ccc(Br)cc1)[C@H](C)C(=O)NC(C)C)S(C)(=O)=O. The van der Waals surface area contributed by atoms with Gasteiger partial charge in [-0.3, -0.25) is 24.0 Å². The van der Waals surface area contributed by atoms with E-state index in [1.165, 1.54) is 24.1 Å². The number of nitrogens with zero attached hydrogens (tertiary/aromatic N) is 3. The van der Waals surface area contributed by atoms with E-state index in [2.05, 4.69) is 21.2 Å². The molecule has 11 nitrogen and oxygen atoms in total. The minimum atomic E-state index is -4.09. The molecular formula is C23H29BrN4O7S. The number of sulfonamides is 1. The zero-order chi connectivity index (χ0) is 27.2. The topological polar surface area (TPSA) is 139 Å². The van der Waals surface area contributed by atoms with Crippen molar-refractivity contribution in [3.8, 4) is 5.75 Å². The van der Waals surface area contributed by atoms with Gasteiger partial charge in [-0.05, 0) is 44.5 Å². The van der Waals surface area contributed by atoms with Crippen LogP contribution in [0, 0.1) is 10.1 Å². The lowest BCUT2D eigenvalue weighted by atomic mass is 10.1. The predicted molar refractivity (Wildman–Crippen MR) is 139 cm³/mol. The van der Waals surface area contributed by atoms with Gasteiger partial charge in [0, 0.05) is 29.2 Å². The maximum absolute atomic E-state index is 13.6. The number of nitro groups is 1. The number of rotatable bonds is 11. The van der Waals surface area contributed by atoms with Gasteiger partial charge in [0.2, 0.25) is 21.8 Å². The van der Waals surface area contributed by atoms with Crippen molar-refractivity contribution in [3.63, 3.8) is 0 Å². The summed E-state index contributed by atoms with van der Waals surface area (Å²) >= 11 is 3.35. The van der Waals surface area contributed by atoms with Gasteiger partial charge < -0.3 is 15.0 Å². The lowest BCUT2D eigenvalue weighted by molar-refractivity contribution is -0.384. The van der Waals surface area contributed by atoms with Gasteiger partial charge in [-0.1, -0.05) is 28.1 Å². The highest BCUT2D eigenvalue weighted by Gasteiger charge is 2.32. The monoisotopic (exact) mass is 584 g/mol. The van der Waals surface area contributed by atoms with Crippen LogP contribution in [-0.2, 0) is 26.2 Å². The van der Waals surface area contributed by atoms with Gasteiger partial charge in [0.15, 0.2) is 0 Å². The Bertz CT molecular complexity index is 1220. The highest BCUT2D eigenvalue weighted by molar-refractivity contribution is 9.10.